The number of carbonyl (C=O) groups is 2. The van der Waals surface area contributed by atoms with Crippen molar-refractivity contribution in [2.75, 3.05) is 12.4 Å². The second kappa shape index (κ2) is 10.6. The molecule has 39 heavy (non-hydrogen) atoms. The highest BCUT2D eigenvalue weighted by molar-refractivity contribution is 7.17. The fourth-order valence-corrected chi connectivity index (χ4v) is 7.02. The molecule has 0 bridgehead atoms. The van der Waals surface area contributed by atoms with E-state index in [0.717, 1.165) is 64.5 Å². The number of methoxy groups -OCH3 is 1. The fraction of sp³-hybridized carbons (Fsp3) is 0.364. The van der Waals surface area contributed by atoms with Gasteiger partial charge in [-0.1, -0.05) is 75.2 Å². The lowest BCUT2D eigenvalue weighted by Gasteiger charge is -2.36. The van der Waals surface area contributed by atoms with Crippen LogP contribution in [-0.4, -0.2) is 24.0 Å². The number of benzene rings is 2. The van der Waals surface area contributed by atoms with E-state index in [1.165, 1.54) is 23.3 Å². The van der Waals surface area contributed by atoms with Gasteiger partial charge in [-0.25, -0.2) is 9.78 Å². The van der Waals surface area contributed by atoms with Crippen molar-refractivity contribution in [1.29, 1.82) is 0 Å². The third-order valence-corrected chi connectivity index (χ3v) is 9.76. The van der Waals surface area contributed by atoms with Crippen molar-refractivity contribution in [2.24, 2.45) is 11.3 Å². The number of aromatic nitrogens is 1. The predicted octanol–water partition coefficient (Wildman–Crippen LogP) is 8.16. The normalized spacial score (nSPS) is 15.2. The summed E-state index contributed by atoms with van der Waals surface area (Å²) < 4.78 is 5.19. The molecule has 202 valence electrons. The minimum absolute atomic E-state index is 0.218. The van der Waals surface area contributed by atoms with Crippen LogP contribution in [0, 0.1) is 25.2 Å². The Bertz CT molecular complexity index is 1570. The van der Waals surface area contributed by atoms with Crippen molar-refractivity contribution in [3.8, 4) is 11.3 Å². The number of anilines is 1. The van der Waals surface area contributed by atoms with Gasteiger partial charge in [0, 0.05) is 15.8 Å². The Balaban J connectivity index is 1.59. The zero-order valence-electron chi connectivity index (χ0n) is 23.6. The largest absolute Gasteiger partial charge is 0.465 e. The number of ether oxygens (including phenoxy) is 1. The molecule has 1 unspecified atom stereocenters. The first-order valence-electron chi connectivity index (χ1n) is 13.6. The van der Waals surface area contributed by atoms with E-state index >= 15 is 0 Å². The van der Waals surface area contributed by atoms with Gasteiger partial charge in [-0.2, -0.15) is 0 Å². The van der Waals surface area contributed by atoms with Gasteiger partial charge in [0.15, 0.2) is 0 Å². The number of rotatable bonds is 6. The van der Waals surface area contributed by atoms with E-state index in [4.69, 9.17) is 9.72 Å². The van der Waals surface area contributed by atoms with Crippen LogP contribution in [0.15, 0.2) is 48.5 Å². The van der Waals surface area contributed by atoms with Crippen molar-refractivity contribution < 1.29 is 14.3 Å². The van der Waals surface area contributed by atoms with Gasteiger partial charge >= 0.3 is 5.97 Å². The Labute approximate surface area is 234 Å². The van der Waals surface area contributed by atoms with Crippen LogP contribution in [-0.2, 0) is 17.6 Å². The number of para-hydroxylation sites is 1. The van der Waals surface area contributed by atoms with Gasteiger partial charge in [0.1, 0.15) is 5.00 Å². The number of amides is 1. The lowest BCUT2D eigenvalue weighted by Crippen LogP contribution is -2.28. The van der Waals surface area contributed by atoms with Crippen LogP contribution in [0.5, 0.6) is 0 Å². The van der Waals surface area contributed by atoms with E-state index in [0.29, 0.717) is 22.0 Å². The highest BCUT2D eigenvalue weighted by Crippen LogP contribution is 2.46. The Morgan fingerprint density at radius 3 is 2.49 bits per heavy atom. The number of nitrogens with zero attached hydrogens (tertiary/aromatic N) is 1. The lowest BCUT2D eigenvalue weighted by molar-refractivity contribution is 0.0600. The zero-order valence-corrected chi connectivity index (χ0v) is 24.4. The molecule has 5 rings (SSSR count). The molecule has 2 aromatic heterocycles. The molecule has 0 fully saturated rings. The summed E-state index contributed by atoms with van der Waals surface area (Å²) in [6, 6.07) is 15.9. The minimum Gasteiger partial charge on any atom is -0.465 e. The summed E-state index contributed by atoms with van der Waals surface area (Å²) in [6.07, 6.45) is 3.85. The minimum atomic E-state index is -0.396. The number of thiophene rings is 1. The van der Waals surface area contributed by atoms with E-state index in [-0.39, 0.29) is 11.3 Å². The molecule has 0 saturated heterocycles. The zero-order chi connectivity index (χ0) is 27.9. The van der Waals surface area contributed by atoms with Crippen molar-refractivity contribution in [3.05, 3.63) is 81.2 Å². The molecule has 1 atom stereocenters. The van der Waals surface area contributed by atoms with Crippen molar-refractivity contribution in [3.63, 3.8) is 0 Å². The topological polar surface area (TPSA) is 68.3 Å². The number of fused-ring (bicyclic) bond motifs is 2. The molecular weight excluding hydrogens is 504 g/mol. The van der Waals surface area contributed by atoms with E-state index in [1.54, 1.807) is 0 Å². The third kappa shape index (κ3) is 4.98. The SMILES string of the molecule is CCC(C)(C)C1CCc2c(sc(NC(=O)c3c(C)c(-c4ccc(C)cc4)nc4ccccc34)c2C(=O)OC)C1. The van der Waals surface area contributed by atoms with Crippen molar-refractivity contribution in [1.82, 2.24) is 4.98 Å². The van der Waals surface area contributed by atoms with Gasteiger partial charge in [-0.3, -0.25) is 4.79 Å². The standard InChI is InChI=1S/C33H36N2O3S/c1-7-33(4,5)22-16-17-24-26(18-22)39-31(28(24)32(37)38-6)35-30(36)27-20(3)29(21-14-12-19(2)13-15-21)34-25-11-9-8-10-23(25)27/h8-15,22H,7,16-18H2,1-6H3,(H,35,36). The van der Waals surface area contributed by atoms with Crippen LogP contribution >= 0.6 is 11.3 Å². The molecule has 2 aromatic carbocycles. The Hall–Kier alpha value is -3.51. The number of carbonyl (C=O) groups excluding carboxylic acids is 2. The smallest absolute Gasteiger partial charge is 0.341 e. The second-order valence-corrected chi connectivity index (χ2v) is 12.4. The number of nitrogens with one attached hydrogen (secondary N) is 1. The maximum Gasteiger partial charge on any atom is 0.341 e. The summed E-state index contributed by atoms with van der Waals surface area (Å²) in [5, 5.41) is 4.50. The highest BCUT2D eigenvalue weighted by Gasteiger charge is 2.36. The average molecular weight is 541 g/mol. The molecule has 1 amide bonds. The van der Waals surface area contributed by atoms with Crippen molar-refractivity contribution >= 4 is 39.1 Å². The van der Waals surface area contributed by atoms with Crippen LogP contribution in [0.4, 0.5) is 5.00 Å². The Kier molecular flexibility index (Phi) is 7.34. The van der Waals surface area contributed by atoms with Gasteiger partial charge < -0.3 is 10.1 Å². The van der Waals surface area contributed by atoms with Crippen molar-refractivity contribution in [2.45, 2.75) is 60.3 Å². The molecule has 1 N–H and O–H groups in total. The molecule has 1 aliphatic rings. The van der Waals surface area contributed by atoms with E-state index in [2.05, 4.69) is 38.2 Å². The van der Waals surface area contributed by atoms with E-state index in [9.17, 15) is 9.59 Å². The van der Waals surface area contributed by atoms with Gasteiger partial charge in [-0.05, 0) is 61.6 Å². The maximum atomic E-state index is 14.0. The van der Waals surface area contributed by atoms with Crippen LogP contribution in [0.2, 0.25) is 0 Å². The molecule has 4 aromatic rings. The summed E-state index contributed by atoms with van der Waals surface area (Å²) in [5.74, 6) is -0.104. The number of pyridine rings is 1. The summed E-state index contributed by atoms with van der Waals surface area (Å²) in [6.45, 7) is 10.9. The Morgan fingerprint density at radius 1 is 1.08 bits per heavy atom. The van der Waals surface area contributed by atoms with Gasteiger partial charge in [0.05, 0.1) is 29.4 Å². The van der Waals surface area contributed by atoms with Crippen LogP contribution < -0.4 is 5.32 Å². The van der Waals surface area contributed by atoms with E-state index < -0.39 is 5.97 Å². The van der Waals surface area contributed by atoms with Gasteiger partial charge in [0.2, 0.25) is 0 Å². The Morgan fingerprint density at radius 2 is 1.79 bits per heavy atom. The predicted molar refractivity (Wildman–Crippen MR) is 160 cm³/mol. The molecule has 0 saturated carbocycles. The fourth-order valence-electron chi connectivity index (χ4n) is 5.71. The molecule has 1 aliphatic carbocycles. The lowest BCUT2D eigenvalue weighted by atomic mass is 9.69. The monoisotopic (exact) mass is 540 g/mol. The molecule has 0 aliphatic heterocycles. The molecule has 5 nitrogen and oxygen atoms in total. The molecule has 0 radical (unpaired) electrons. The van der Waals surface area contributed by atoms with Crippen LogP contribution in [0.25, 0.3) is 22.2 Å². The first-order valence-corrected chi connectivity index (χ1v) is 14.5. The molecule has 6 heteroatoms. The summed E-state index contributed by atoms with van der Waals surface area (Å²) in [5.41, 5.74) is 6.80. The molecule has 2 heterocycles. The first-order chi connectivity index (χ1) is 18.6. The van der Waals surface area contributed by atoms with Gasteiger partial charge in [0.25, 0.3) is 5.91 Å². The quantitative estimate of drug-likeness (QED) is 0.251. The van der Waals surface area contributed by atoms with Crippen LogP contribution in [0.3, 0.4) is 0 Å². The van der Waals surface area contributed by atoms with E-state index in [1.807, 2.05) is 50.2 Å². The maximum absolute atomic E-state index is 14.0. The summed E-state index contributed by atoms with van der Waals surface area (Å²) in [7, 11) is 1.40. The highest BCUT2D eigenvalue weighted by atomic mass is 32.1. The number of aryl methyl sites for hydroxylation is 1. The van der Waals surface area contributed by atoms with Gasteiger partial charge in [-0.15, -0.1) is 11.3 Å². The average Bonchev–Trinajstić information content (AvgIpc) is 3.29. The molecular formula is C33H36N2O3S. The van der Waals surface area contributed by atoms with Crippen LogP contribution in [0.1, 0.15) is 75.9 Å². The number of hydrogen-bond acceptors (Lipinski definition) is 5. The summed E-state index contributed by atoms with van der Waals surface area (Å²) >= 11 is 1.52. The number of esters is 1. The molecule has 0 spiro atoms. The second-order valence-electron chi connectivity index (χ2n) is 11.3. The summed E-state index contributed by atoms with van der Waals surface area (Å²) in [4.78, 5) is 33.1. The third-order valence-electron chi connectivity index (χ3n) is 8.59. The number of hydrogen-bond donors (Lipinski definition) is 1. The first kappa shape index (κ1) is 27.1.